The fourth-order valence-electron chi connectivity index (χ4n) is 2.32. The van der Waals surface area contributed by atoms with Crippen LogP contribution in [0.5, 0.6) is 0 Å². The molecule has 2 atom stereocenters. The van der Waals surface area contributed by atoms with Gasteiger partial charge in [-0.3, -0.25) is 0 Å². The maximum atomic E-state index is 12.6. The molecule has 1 aliphatic carbocycles. The maximum absolute atomic E-state index is 12.6. The van der Waals surface area contributed by atoms with E-state index in [0.717, 1.165) is 6.42 Å². The number of nitriles is 1. The number of allylic oxidation sites excluding steroid dienone is 3. The lowest BCUT2D eigenvalue weighted by atomic mass is 10.0. The number of nitrogens with zero attached hydrogens (tertiary/aromatic N) is 2. The zero-order valence-corrected chi connectivity index (χ0v) is 10.7. The minimum Gasteiger partial charge on any atom is -0.211 e. The van der Waals surface area contributed by atoms with Gasteiger partial charge in [0.25, 0.3) is 0 Å². The van der Waals surface area contributed by atoms with Gasteiger partial charge in [-0.2, -0.15) is 9.57 Å². The molecule has 0 radical (unpaired) electrons. The second-order valence-electron chi connectivity index (χ2n) is 4.71. The Labute approximate surface area is 102 Å². The van der Waals surface area contributed by atoms with Crippen LogP contribution in [-0.4, -0.2) is 30.1 Å². The highest BCUT2D eigenvalue weighted by atomic mass is 32.2. The fourth-order valence-corrected chi connectivity index (χ4v) is 4.27. The van der Waals surface area contributed by atoms with Gasteiger partial charge in [-0.25, -0.2) is 8.42 Å². The largest absolute Gasteiger partial charge is 0.224 e. The minimum absolute atomic E-state index is 0.466. The van der Waals surface area contributed by atoms with Crippen molar-refractivity contribution in [1.82, 2.24) is 4.31 Å². The lowest BCUT2D eigenvalue weighted by molar-refractivity contribution is 0.418. The van der Waals surface area contributed by atoms with Gasteiger partial charge in [-0.1, -0.05) is 24.3 Å². The van der Waals surface area contributed by atoms with Crippen LogP contribution in [0.25, 0.3) is 0 Å². The van der Waals surface area contributed by atoms with Gasteiger partial charge in [0.2, 0.25) is 10.0 Å². The van der Waals surface area contributed by atoms with Crippen molar-refractivity contribution in [2.24, 2.45) is 0 Å². The van der Waals surface area contributed by atoms with Crippen molar-refractivity contribution >= 4 is 10.0 Å². The number of hydrogen-bond donors (Lipinski definition) is 0. The average molecular weight is 252 g/mol. The normalized spacial score (nSPS) is 33.8. The Morgan fingerprint density at radius 3 is 2.82 bits per heavy atom. The zero-order valence-electron chi connectivity index (χ0n) is 9.83. The van der Waals surface area contributed by atoms with Gasteiger partial charge in [0, 0.05) is 6.54 Å². The summed E-state index contributed by atoms with van der Waals surface area (Å²) in [6.07, 6.45) is 9.07. The Hall–Kier alpha value is -1.12. The van der Waals surface area contributed by atoms with Crippen LogP contribution in [-0.2, 0) is 10.0 Å². The molecule has 4 nitrogen and oxygen atoms in total. The summed E-state index contributed by atoms with van der Waals surface area (Å²) in [6, 6.07) is 1.59. The fraction of sp³-hybridized carbons (Fsp3) is 0.583. The molecule has 0 aromatic heterocycles. The van der Waals surface area contributed by atoms with Crippen LogP contribution in [0, 0.1) is 11.3 Å². The Morgan fingerprint density at radius 1 is 1.47 bits per heavy atom. The molecule has 1 saturated heterocycles. The molecule has 0 aromatic carbocycles. The van der Waals surface area contributed by atoms with Gasteiger partial charge in [-0.05, 0) is 26.2 Å². The molecule has 0 N–H and O–H groups in total. The van der Waals surface area contributed by atoms with Gasteiger partial charge in [-0.15, -0.1) is 0 Å². The van der Waals surface area contributed by atoms with Crippen LogP contribution in [0.15, 0.2) is 24.3 Å². The molecular formula is C12H16N2O2S. The number of hydrogen-bond acceptors (Lipinski definition) is 3. The molecule has 1 fully saturated rings. The van der Waals surface area contributed by atoms with Gasteiger partial charge >= 0.3 is 0 Å². The van der Waals surface area contributed by atoms with Crippen molar-refractivity contribution in [3.8, 4) is 6.07 Å². The van der Waals surface area contributed by atoms with E-state index >= 15 is 0 Å². The van der Waals surface area contributed by atoms with Crippen LogP contribution in [0.3, 0.4) is 0 Å². The van der Waals surface area contributed by atoms with Crippen molar-refractivity contribution in [1.29, 1.82) is 5.26 Å². The Morgan fingerprint density at radius 2 is 2.24 bits per heavy atom. The van der Waals surface area contributed by atoms with Crippen molar-refractivity contribution in [2.45, 2.75) is 37.0 Å². The first-order valence-electron chi connectivity index (χ1n) is 5.77. The molecule has 2 aliphatic rings. The summed E-state index contributed by atoms with van der Waals surface area (Å²) in [5, 5.41) is 8.99. The quantitative estimate of drug-likeness (QED) is 0.749. The van der Waals surface area contributed by atoms with Gasteiger partial charge in [0.1, 0.15) is 10.8 Å². The molecule has 0 spiro atoms. The Bertz CT molecular complexity index is 501. The third-order valence-corrected chi connectivity index (χ3v) is 6.01. The second-order valence-corrected chi connectivity index (χ2v) is 7.06. The molecule has 2 rings (SSSR count). The predicted octanol–water partition coefficient (Wildman–Crippen LogP) is 1.58. The summed E-state index contributed by atoms with van der Waals surface area (Å²) in [7, 11) is -3.45. The van der Waals surface area contributed by atoms with E-state index < -0.39 is 20.8 Å². The monoisotopic (exact) mass is 252 g/mol. The summed E-state index contributed by atoms with van der Waals surface area (Å²) < 4.78 is 25.6. The first-order chi connectivity index (χ1) is 8.01. The highest BCUT2D eigenvalue weighted by Gasteiger charge is 2.45. The molecule has 5 heteroatoms. The Kier molecular flexibility index (Phi) is 3.11. The molecule has 17 heavy (non-hydrogen) atoms. The molecule has 1 heterocycles. The van der Waals surface area contributed by atoms with Crippen LogP contribution < -0.4 is 0 Å². The lowest BCUT2D eigenvalue weighted by Crippen LogP contribution is -2.47. The van der Waals surface area contributed by atoms with E-state index in [1.165, 1.54) is 4.31 Å². The summed E-state index contributed by atoms with van der Waals surface area (Å²) in [6.45, 7) is 2.18. The standard InChI is InChI=1S/C12H16N2O2S/c1-12(7-3-2-4-8-12)17(15,16)14-9-5-6-11(14)10-13/h2-4,7,11H,5-6,8-9H2,1H3/t11-,12?/m0/s1. The van der Waals surface area contributed by atoms with E-state index in [2.05, 4.69) is 6.07 Å². The van der Waals surface area contributed by atoms with Crippen molar-refractivity contribution in [3.05, 3.63) is 24.3 Å². The molecule has 1 unspecified atom stereocenters. The van der Waals surface area contributed by atoms with Gasteiger partial charge in [0.05, 0.1) is 6.07 Å². The van der Waals surface area contributed by atoms with E-state index in [9.17, 15) is 8.42 Å². The summed E-state index contributed by atoms with van der Waals surface area (Å²) in [4.78, 5) is 0. The number of rotatable bonds is 2. The number of sulfonamides is 1. The van der Waals surface area contributed by atoms with E-state index in [0.29, 0.717) is 19.4 Å². The van der Waals surface area contributed by atoms with Gasteiger partial charge < -0.3 is 0 Å². The molecular weight excluding hydrogens is 236 g/mol. The molecule has 92 valence electrons. The van der Waals surface area contributed by atoms with Crippen molar-refractivity contribution in [3.63, 3.8) is 0 Å². The molecule has 0 bridgehead atoms. The van der Waals surface area contributed by atoms with Crippen molar-refractivity contribution < 1.29 is 8.42 Å². The van der Waals surface area contributed by atoms with Crippen LogP contribution in [0.2, 0.25) is 0 Å². The second kappa shape index (κ2) is 4.28. The van der Waals surface area contributed by atoms with E-state index in [4.69, 9.17) is 5.26 Å². The third kappa shape index (κ3) is 1.92. The molecule has 0 saturated carbocycles. The Balaban J connectivity index is 2.34. The zero-order chi connectivity index (χ0) is 12.5. The minimum atomic E-state index is -3.45. The third-order valence-electron chi connectivity index (χ3n) is 3.47. The summed E-state index contributed by atoms with van der Waals surface area (Å²) >= 11 is 0. The lowest BCUT2D eigenvalue weighted by Gasteiger charge is -2.32. The summed E-state index contributed by atoms with van der Waals surface area (Å²) in [5.41, 5.74) is 0. The highest BCUT2D eigenvalue weighted by molar-refractivity contribution is 7.90. The van der Waals surface area contributed by atoms with E-state index in [-0.39, 0.29) is 0 Å². The average Bonchev–Trinajstić information content (AvgIpc) is 2.78. The first-order valence-corrected chi connectivity index (χ1v) is 7.21. The van der Waals surface area contributed by atoms with Crippen molar-refractivity contribution in [2.75, 3.05) is 6.54 Å². The summed E-state index contributed by atoms with van der Waals surface area (Å²) in [5.74, 6) is 0. The predicted molar refractivity (Wildman–Crippen MR) is 65.6 cm³/mol. The highest BCUT2D eigenvalue weighted by Crippen LogP contribution is 2.33. The van der Waals surface area contributed by atoms with Crippen LogP contribution in [0.1, 0.15) is 26.2 Å². The van der Waals surface area contributed by atoms with Crippen LogP contribution in [0.4, 0.5) is 0 Å². The van der Waals surface area contributed by atoms with Gasteiger partial charge in [0.15, 0.2) is 0 Å². The smallest absolute Gasteiger partial charge is 0.211 e. The maximum Gasteiger partial charge on any atom is 0.224 e. The van der Waals surface area contributed by atoms with Crippen LogP contribution >= 0.6 is 0 Å². The first kappa shape index (κ1) is 12.3. The molecule has 0 aromatic rings. The van der Waals surface area contributed by atoms with E-state index in [1.807, 2.05) is 12.2 Å². The molecule has 0 amide bonds. The van der Waals surface area contributed by atoms with E-state index in [1.54, 1.807) is 19.1 Å². The molecule has 1 aliphatic heterocycles. The topological polar surface area (TPSA) is 61.2 Å². The SMILES string of the molecule is CC1(S(=O)(=O)N2CCC[C@H]2C#N)C=CC=CC1.